The molecule has 0 aliphatic carbocycles. The number of oxazole rings is 2. The second-order valence-electron chi connectivity index (χ2n) is 30.6. The summed E-state index contributed by atoms with van der Waals surface area (Å²) in [5.41, 5.74) is 28.0. The molecule has 0 N–H and O–H groups in total. The number of rotatable bonds is 10. The number of nitrogens with zero attached hydrogens (tertiary/aromatic N) is 10. The highest BCUT2D eigenvalue weighted by atomic mass is 32.2. The molecule has 6 aromatic heterocycles. The van der Waals surface area contributed by atoms with Crippen LogP contribution in [-0.4, -0.2) is 34.5 Å². The number of benzene rings is 16. The third-order valence-corrected chi connectivity index (χ3v) is 28.1. The van der Waals surface area contributed by atoms with E-state index in [0.717, 1.165) is 138 Å². The Kier molecular flexibility index (Phi) is 18.0. The van der Waals surface area contributed by atoms with E-state index in [-0.39, 0.29) is 5.41 Å². The summed E-state index contributed by atoms with van der Waals surface area (Å²) in [6, 6.07) is 131. The number of fused-ring (bicyclic) bond motifs is 12. The van der Waals surface area contributed by atoms with Crippen LogP contribution in [0.15, 0.2) is 405 Å². The van der Waals surface area contributed by atoms with Crippen LogP contribution in [-0.2, 0) is 5.41 Å². The molecule has 0 spiro atoms. The minimum Gasteiger partial charge on any atom is -0.436 e. The number of anilines is 9. The first-order valence-electron chi connectivity index (χ1n) is 40.3. The molecule has 9 heterocycles. The molecule has 3 aliphatic heterocycles. The topological polar surface area (TPSA) is 118 Å². The maximum Gasteiger partial charge on any atom is 0.227 e. The van der Waals surface area contributed by atoms with Crippen LogP contribution < -0.4 is 14.7 Å². The quantitative estimate of drug-likeness (QED) is 0.129. The van der Waals surface area contributed by atoms with Gasteiger partial charge in [-0.05, 0) is 211 Å². The van der Waals surface area contributed by atoms with Gasteiger partial charge in [-0.1, -0.05) is 213 Å². The van der Waals surface area contributed by atoms with Gasteiger partial charge in [0, 0.05) is 81.1 Å². The van der Waals surface area contributed by atoms with Gasteiger partial charge in [-0.2, -0.15) is 0 Å². The van der Waals surface area contributed by atoms with Gasteiger partial charge in [0.15, 0.2) is 11.2 Å². The van der Waals surface area contributed by atoms with Gasteiger partial charge in [-0.25, -0.2) is 29.9 Å². The lowest BCUT2D eigenvalue weighted by atomic mass is 9.73. The van der Waals surface area contributed by atoms with Gasteiger partial charge in [-0.3, -0.25) is 4.57 Å². The van der Waals surface area contributed by atoms with Crippen molar-refractivity contribution in [2.75, 3.05) is 14.7 Å². The second-order valence-corrected chi connectivity index (χ2v) is 35.8. The Bertz CT molecular complexity index is 7360. The molecule has 25 rings (SSSR count). The average molecular weight is 1660 g/mol. The van der Waals surface area contributed by atoms with Crippen molar-refractivity contribution in [2.45, 2.75) is 38.8 Å². The lowest BCUT2D eigenvalue weighted by Gasteiger charge is -2.42. The van der Waals surface area contributed by atoms with Crippen molar-refractivity contribution < 1.29 is 8.83 Å². The smallest absolute Gasteiger partial charge is 0.227 e. The van der Waals surface area contributed by atoms with E-state index in [1.165, 1.54) is 67.6 Å². The molecule has 0 saturated carbocycles. The average Bonchev–Trinajstić information content (AvgIpc) is 1.54. The van der Waals surface area contributed by atoms with Gasteiger partial charge in [0.1, 0.15) is 31.9 Å². The standard InChI is InChI=1S/C38H24N4S2.C35H25N3OS.C32H19N3OS2/c1-2-12-27(13-3-1)42-31-16-6-4-14-29(31)39-37(42)25-22-26(38-40-30-15-5-9-19-34(30)44-38)24-28(23-25)41-32-17-7-10-20-35(32)43-36-21-11-8-18-33(36)41;1-35(2)25-11-3-7-15-29(25)38(30-16-8-4-12-26(30)35)24-20-22(33-36-27-13-5-9-17-31(27)39-33)19-23(21-24)34-37-28-14-6-10-18-32(28)40-34;1-5-13-27-23(9-1)33-31(36-27)20-17-21(32-34-24-10-2-6-14-28(24)38-32)19-22(18-20)35-25-11-3-7-15-29(25)37-30-16-8-4-12-26(30)35/h1-24H;3-21H,1-2H3;1-19H. The van der Waals surface area contributed by atoms with E-state index in [9.17, 15) is 0 Å². The Hall–Kier alpha value is -14.3. The minimum atomic E-state index is -0.128. The largest absolute Gasteiger partial charge is 0.436 e. The number of aromatic nitrogens is 7. The Balaban J connectivity index is 0.000000107. The van der Waals surface area contributed by atoms with Crippen molar-refractivity contribution >= 4 is 173 Å². The highest BCUT2D eigenvalue weighted by Gasteiger charge is 2.38. The van der Waals surface area contributed by atoms with Crippen LogP contribution in [0, 0.1) is 0 Å². The van der Waals surface area contributed by atoms with Crippen LogP contribution in [0.25, 0.3) is 136 Å². The summed E-state index contributed by atoms with van der Waals surface area (Å²) in [5, 5.41) is 2.93. The molecule has 0 fully saturated rings. The molecule has 0 amide bonds. The first-order chi connectivity index (χ1) is 60.2. The molecular weight excluding hydrogens is 1590 g/mol. The molecule has 0 saturated heterocycles. The molecule has 0 unspecified atom stereocenters. The Morgan fingerprint density at radius 3 is 0.992 bits per heavy atom. The highest BCUT2D eigenvalue weighted by molar-refractivity contribution is 8.00. The van der Waals surface area contributed by atoms with Crippen LogP contribution in [0.5, 0.6) is 0 Å². The third-order valence-electron chi connectivity index (χ3n) is 22.6. The number of thiazole rings is 3. The van der Waals surface area contributed by atoms with Gasteiger partial charge in [0.05, 0.1) is 75.8 Å². The summed E-state index contributed by atoms with van der Waals surface area (Å²) in [6.45, 7) is 4.62. The summed E-state index contributed by atoms with van der Waals surface area (Å²) < 4.78 is 18.3. The van der Waals surface area contributed by atoms with Crippen molar-refractivity contribution in [1.82, 2.24) is 34.5 Å². The first kappa shape index (κ1) is 72.9. The van der Waals surface area contributed by atoms with Crippen LogP contribution in [0.1, 0.15) is 25.0 Å². The van der Waals surface area contributed by atoms with Crippen LogP contribution in [0.2, 0.25) is 0 Å². The van der Waals surface area contributed by atoms with Gasteiger partial charge in [-0.15, -0.1) is 34.0 Å². The molecule has 22 aromatic rings. The number of para-hydroxylation sites is 16. The summed E-state index contributed by atoms with van der Waals surface area (Å²) in [4.78, 5) is 42.0. The number of hydrogen-bond donors (Lipinski definition) is 0. The van der Waals surface area contributed by atoms with Gasteiger partial charge in [0.25, 0.3) is 0 Å². The van der Waals surface area contributed by atoms with E-state index in [2.05, 4.69) is 349 Å². The van der Waals surface area contributed by atoms with Crippen molar-refractivity contribution in [3.8, 4) is 71.7 Å². The SMILES string of the molecule is CC1(C)c2ccccc2N(c2cc(-c3nc4ccccc4o3)cc(-c3nc4ccccc4s3)c2)c2ccccc21.c1ccc(-n2c(-c3cc(-c4nc5ccccc5s4)cc(N4c5ccccc5Sc5ccccc54)c3)nc3ccccc32)cc1.c1ccc2c(c1)Sc1ccccc1N2c1cc(-c2nc3ccccc3o2)cc(-c2nc3ccccc3s2)c1. The monoisotopic (exact) mass is 1660 g/mol. The predicted molar refractivity (Wildman–Crippen MR) is 506 cm³/mol. The lowest BCUT2D eigenvalue weighted by Crippen LogP contribution is -2.30. The van der Waals surface area contributed by atoms with Crippen LogP contribution >= 0.6 is 57.5 Å². The summed E-state index contributed by atoms with van der Waals surface area (Å²) in [5.74, 6) is 2.10. The molecule has 3 aliphatic rings. The van der Waals surface area contributed by atoms with Gasteiger partial charge >= 0.3 is 0 Å². The minimum absolute atomic E-state index is 0.128. The fourth-order valence-corrected chi connectivity index (χ4v) is 21.9. The Morgan fingerprint density at radius 2 is 0.574 bits per heavy atom. The molecule has 122 heavy (non-hydrogen) atoms. The maximum atomic E-state index is 6.27. The van der Waals surface area contributed by atoms with E-state index in [0.29, 0.717) is 11.8 Å². The third kappa shape index (κ3) is 13.1. The molecular formula is C105H68N10O2S5. The summed E-state index contributed by atoms with van der Waals surface area (Å²) >= 11 is 8.76. The van der Waals surface area contributed by atoms with E-state index in [4.69, 9.17) is 38.7 Å². The second kappa shape index (κ2) is 30.2. The van der Waals surface area contributed by atoms with E-state index >= 15 is 0 Å². The molecule has 580 valence electrons. The number of hydrogen-bond acceptors (Lipinski definition) is 16. The van der Waals surface area contributed by atoms with Crippen molar-refractivity contribution in [2.24, 2.45) is 0 Å². The molecule has 17 heteroatoms. The van der Waals surface area contributed by atoms with E-state index in [1.54, 1.807) is 45.8 Å². The van der Waals surface area contributed by atoms with E-state index < -0.39 is 0 Å². The van der Waals surface area contributed by atoms with Crippen molar-refractivity contribution in [1.29, 1.82) is 0 Å². The highest BCUT2D eigenvalue weighted by Crippen LogP contribution is 2.57. The van der Waals surface area contributed by atoms with E-state index in [1.807, 2.05) is 72.4 Å². The van der Waals surface area contributed by atoms with Crippen LogP contribution in [0.3, 0.4) is 0 Å². The summed E-state index contributed by atoms with van der Waals surface area (Å²) in [6.07, 6.45) is 0. The Morgan fingerprint density at radius 1 is 0.254 bits per heavy atom. The maximum absolute atomic E-state index is 6.27. The lowest BCUT2D eigenvalue weighted by molar-refractivity contribution is 0.619. The summed E-state index contributed by atoms with van der Waals surface area (Å²) in [7, 11) is 0. The molecule has 0 bridgehead atoms. The zero-order chi connectivity index (χ0) is 80.9. The fourth-order valence-electron chi connectivity index (χ4n) is 16.9. The van der Waals surface area contributed by atoms with Crippen molar-refractivity contribution in [3.63, 3.8) is 0 Å². The van der Waals surface area contributed by atoms with Crippen molar-refractivity contribution in [3.05, 3.63) is 387 Å². The normalized spacial score (nSPS) is 13.0. The molecule has 12 nitrogen and oxygen atoms in total. The van der Waals surface area contributed by atoms with Gasteiger partial charge in [0.2, 0.25) is 11.8 Å². The Labute approximate surface area is 722 Å². The molecule has 0 radical (unpaired) electrons. The number of imidazole rings is 1. The molecule has 0 atom stereocenters. The predicted octanol–water partition coefficient (Wildman–Crippen LogP) is 30.5. The zero-order valence-corrected chi connectivity index (χ0v) is 69.7. The fraction of sp³-hybridized carbons (Fsp3) is 0.0286. The molecule has 16 aromatic carbocycles. The zero-order valence-electron chi connectivity index (χ0n) is 65.6. The van der Waals surface area contributed by atoms with Crippen LogP contribution in [0.4, 0.5) is 51.2 Å². The van der Waals surface area contributed by atoms with Gasteiger partial charge < -0.3 is 23.5 Å². The first-order valence-corrected chi connectivity index (χ1v) is 44.3.